The predicted molar refractivity (Wildman–Crippen MR) is 53.4 cm³/mol. The minimum atomic E-state index is -0.686. The lowest BCUT2D eigenvalue weighted by Crippen LogP contribution is -1.93. The van der Waals surface area contributed by atoms with Gasteiger partial charge < -0.3 is 0 Å². The van der Waals surface area contributed by atoms with Crippen LogP contribution < -0.4 is 0 Å². The molecule has 0 bridgehead atoms. The van der Waals surface area contributed by atoms with Gasteiger partial charge in [0.25, 0.3) is 5.69 Å². The van der Waals surface area contributed by atoms with E-state index in [9.17, 15) is 14.5 Å². The summed E-state index contributed by atoms with van der Waals surface area (Å²) in [6.07, 6.45) is 0.952. The fraction of sp³-hybridized carbons (Fsp3) is 0. The Bertz CT molecular complexity index is 559. The van der Waals surface area contributed by atoms with Gasteiger partial charge in [0.05, 0.1) is 10.3 Å². The summed E-state index contributed by atoms with van der Waals surface area (Å²) in [7, 11) is 0. The summed E-state index contributed by atoms with van der Waals surface area (Å²) in [5, 5.41) is 10.8. The normalized spacial score (nSPS) is 10.5. The number of hydrogen-bond donors (Lipinski definition) is 0. The van der Waals surface area contributed by atoms with Crippen molar-refractivity contribution in [3.8, 4) is 0 Å². The second-order valence-electron chi connectivity index (χ2n) is 2.85. The van der Waals surface area contributed by atoms with E-state index < -0.39 is 10.7 Å². The molecule has 15 heavy (non-hydrogen) atoms. The number of hydrogen-bond acceptors (Lipinski definition) is 3. The van der Waals surface area contributed by atoms with Gasteiger partial charge in [-0.1, -0.05) is 23.7 Å². The molecule has 1 aromatic heterocycles. The van der Waals surface area contributed by atoms with E-state index in [0.717, 1.165) is 12.3 Å². The van der Waals surface area contributed by atoms with E-state index in [4.69, 9.17) is 11.6 Å². The first kappa shape index (κ1) is 9.79. The zero-order chi connectivity index (χ0) is 11.0. The molecule has 0 atom stereocenters. The van der Waals surface area contributed by atoms with Crippen molar-refractivity contribution in [3.05, 3.63) is 45.5 Å². The molecule has 0 saturated heterocycles. The van der Waals surface area contributed by atoms with E-state index in [1.807, 2.05) is 0 Å². The number of halogens is 2. The highest BCUT2D eigenvalue weighted by Gasteiger charge is 2.18. The number of rotatable bonds is 1. The number of fused-ring (bicyclic) bond motifs is 1. The molecule has 0 spiro atoms. The third-order valence-corrected chi connectivity index (χ3v) is 2.29. The molecule has 2 aromatic rings. The SMILES string of the molecule is O=[N+]([O-])c1cnc(Cl)c2cccc(F)c12. The molecule has 0 aliphatic rings. The summed E-state index contributed by atoms with van der Waals surface area (Å²) in [6.45, 7) is 0. The summed E-state index contributed by atoms with van der Waals surface area (Å²) in [5.41, 5.74) is -0.382. The number of benzene rings is 1. The second-order valence-corrected chi connectivity index (χ2v) is 3.21. The third kappa shape index (κ3) is 1.50. The first-order valence-corrected chi connectivity index (χ1v) is 4.36. The summed E-state index contributed by atoms with van der Waals surface area (Å²) in [4.78, 5) is 13.6. The van der Waals surface area contributed by atoms with Crippen LogP contribution in [0.3, 0.4) is 0 Å². The van der Waals surface area contributed by atoms with E-state index in [2.05, 4.69) is 4.98 Å². The lowest BCUT2D eigenvalue weighted by atomic mass is 10.1. The van der Waals surface area contributed by atoms with Crippen LogP contribution in [0.5, 0.6) is 0 Å². The Morgan fingerprint density at radius 2 is 2.20 bits per heavy atom. The van der Waals surface area contributed by atoms with Crippen LogP contribution >= 0.6 is 11.6 Å². The highest BCUT2D eigenvalue weighted by molar-refractivity contribution is 6.34. The van der Waals surface area contributed by atoms with Crippen LogP contribution in [0.15, 0.2) is 24.4 Å². The van der Waals surface area contributed by atoms with Crippen LogP contribution in [0, 0.1) is 15.9 Å². The van der Waals surface area contributed by atoms with Gasteiger partial charge in [0.2, 0.25) is 0 Å². The Kier molecular flexibility index (Phi) is 2.24. The van der Waals surface area contributed by atoms with Gasteiger partial charge >= 0.3 is 0 Å². The van der Waals surface area contributed by atoms with Gasteiger partial charge in [0.1, 0.15) is 17.2 Å². The number of nitrogens with zero attached hydrogens (tertiary/aromatic N) is 2. The Morgan fingerprint density at radius 3 is 2.87 bits per heavy atom. The predicted octanol–water partition coefficient (Wildman–Crippen LogP) is 2.94. The largest absolute Gasteiger partial charge is 0.298 e. The molecule has 0 aliphatic carbocycles. The number of aromatic nitrogens is 1. The molecule has 2 rings (SSSR count). The van der Waals surface area contributed by atoms with E-state index >= 15 is 0 Å². The van der Waals surface area contributed by atoms with Crippen molar-refractivity contribution in [2.24, 2.45) is 0 Å². The molecule has 0 aliphatic heterocycles. The zero-order valence-electron chi connectivity index (χ0n) is 7.28. The lowest BCUT2D eigenvalue weighted by molar-refractivity contribution is -0.383. The molecular formula is C9H4ClFN2O2. The quantitative estimate of drug-likeness (QED) is 0.427. The molecule has 6 heteroatoms. The topological polar surface area (TPSA) is 56.0 Å². The van der Waals surface area contributed by atoms with Crippen molar-refractivity contribution in [2.45, 2.75) is 0 Å². The highest BCUT2D eigenvalue weighted by atomic mass is 35.5. The molecule has 0 unspecified atom stereocenters. The smallest absolute Gasteiger partial charge is 0.258 e. The van der Waals surface area contributed by atoms with Crippen LogP contribution in [-0.2, 0) is 0 Å². The number of nitro groups is 1. The van der Waals surface area contributed by atoms with Gasteiger partial charge in [0.15, 0.2) is 0 Å². The Labute approximate surface area is 88.5 Å². The molecule has 1 heterocycles. The van der Waals surface area contributed by atoms with Gasteiger partial charge in [-0.3, -0.25) is 10.1 Å². The summed E-state index contributed by atoms with van der Waals surface area (Å²) < 4.78 is 13.4. The van der Waals surface area contributed by atoms with E-state index in [1.54, 1.807) is 0 Å². The van der Waals surface area contributed by atoms with Crippen molar-refractivity contribution < 1.29 is 9.31 Å². The van der Waals surface area contributed by atoms with Crippen LogP contribution in [0.2, 0.25) is 5.15 Å². The maximum atomic E-state index is 13.4. The van der Waals surface area contributed by atoms with Gasteiger partial charge in [-0.15, -0.1) is 0 Å². The van der Waals surface area contributed by atoms with Gasteiger partial charge in [-0.05, 0) is 6.07 Å². The molecule has 0 fully saturated rings. The fourth-order valence-electron chi connectivity index (χ4n) is 1.35. The van der Waals surface area contributed by atoms with Crippen LogP contribution in [0.25, 0.3) is 10.8 Å². The summed E-state index contributed by atoms with van der Waals surface area (Å²) in [6, 6.07) is 4.06. The van der Waals surface area contributed by atoms with E-state index in [1.165, 1.54) is 12.1 Å². The lowest BCUT2D eigenvalue weighted by Gasteiger charge is -2.01. The fourth-order valence-corrected chi connectivity index (χ4v) is 1.55. The minimum absolute atomic E-state index is 0.0510. The maximum Gasteiger partial charge on any atom is 0.298 e. The first-order valence-electron chi connectivity index (χ1n) is 3.98. The van der Waals surface area contributed by atoms with E-state index in [-0.39, 0.29) is 21.6 Å². The molecule has 1 aromatic carbocycles. The molecule has 0 saturated carbocycles. The monoisotopic (exact) mass is 226 g/mol. The molecule has 76 valence electrons. The average Bonchev–Trinajstić information content (AvgIpc) is 2.19. The molecule has 4 nitrogen and oxygen atoms in total. The Hall–Kier alpha value is -1.75. The molecule has 0 radical (unpaired) electrons. The standard InChI is InChI=1S/C9H4ClFN2O2/c10-9-5-2-1-3-6(11)8(5)7(4-12-9)13(14)15/h1-4H. The zero-order valence-corrected chi connectivity index (χ0v) is 8.03. The van der Waals surface area contributed by atoms with Crippen molar-refractivity contribution in [1.82, 2.24) is 4.98 Å². The van der Waals surface area contributed by atoms with Crippen LogP contribution in [0.1, 0.15) is 0 Å². The third-order valence-electron chi connectivity index (χ3n) is 1.99. The van der Waals surface area contributed by atoms with Crippen LogP contribution in [0.4, 0.5) is 10.1 Å². The average molecular weight is 227 g/mol. The Balaban J connectivity index is 2.96. The van der Waals surface area contributed by atoms with Gasteiger partial charge in [-0.25, -0.2) is 9.37 Å². The van der Waals surface area contributed by atoms with E-state index in [0.29, 0.717) is 0 Å². The van der Waals surface area contributed by atoms with Gasteiger partial charge in [0, 0.05) is 5.39 Å². The maximum absolute atomic E-state index is 13.4. The number of pyridine rings is 1. The minimum Gasteiger partial charge on any atom is -0.258 e. The summed E-state index contributed by atoms with van der Waals surface area (Å²) >= 11 is 5.71. The molecule has 0 amide bonds. The highest BCUT2D eigenvalue weighted by Crippen LogP contribution is 2.30. The first-order chi connectivity index (χ1) is 7.11. The molecule has 0 N–H and O–H groups in total. The summed E-state index contributed by atoms with van der Waals surface area (Å²) in [5.74, 6) is -0.677. The van der Waals surface area contributed by atoms with Crippen molar-refractivity contribution in [1.29, 1.82) is 0 Å². The second kappa shape index (κ2) is 3.43. The van der Waals surface area contributed by atoms with Crippen LogP contribution in [-0.4, -0.2) is 9.91 Å². The van der Waals surface area contributed by atoms with Crippen molar-refractivity contribution >= 4 is 28.1 Å². The van der Waals surface area contributed by atoms with Crippen molar-refractivity contribution in [3.63, 3.8) is 0 Å². The Morgan fingerprint density at radius 1 is 1.47 bits per heavy atom. The van der Waals surface area contributed by atoms with Crippen molar-refractivity contribution in [2.75, 3.05) is 0 Å². The molecular weight excluding hydrogens is 223 g/mol. The van der Waals surface area contributed by atoms with Gasteiger partial charge in [-0.2, -0.15) is 0 Å².